The fourth-order valence-electron chi connectivity index (χ4n) is 2.92. The summed E-state index contributed by atoms with van der Waals surface area (Å²) in [5.74, 6) is 0.778. The minimum atomic E-state index is -0.959. The van der Waals surface area contributed by atoms with Crippen molar-refractivity contribution >= 4 is 5.97 Å². The van der Waals surface area contributed by atoms with Crippen LogP contribution >= 0.6 is 0 Å². The average Bonchev–Trinajstić information content (AvgIpc) is 3.17. The molecular weight excluding hydrogens is 282 g/mol. The van der Waals surface area contributed by atoms with E-state index in [-0.39, 0.29) is 12.2 Å². The zero-order chi connectivity index (χ0) is 15.5. The van der Waals surface area contributed by atoms with Crippen LogP contribution in [0.3, 0.4) is 0 Å². The van der Waals surface area contributed by atoms with Crippen molar-refractivity contribution < 1.29 is 19.4 Å². The van der Waals surface area contributed by atoms with Gasteiger partial charge in [-0.05, 0) is 37.1 Å². The molecule has 1 aliphatic rings. The third kappa shape index (κ3) is 3.05. The normalized spacial score (nSPS) is 18.7. The molecule has 1 fully saturated rings. The van der Waals surface area contributed by atoms with Gasteiger partial charge < -0.3 is 14.6 Å². The number of carboxylic acid groups (broad SMARTS) is 1. The van der Waals surface area contributed by atoms with Gasteiger partial charge in [0.05, 0.1) is 12.1 Å². The highest BCUT2D eigenvalue weighted by atomic mass is 16.4. The van der Waals surface area contributed by atoms with Gasteiger partial charge in [-0.3, -0.25) is 4.90 Å². The van der Waals surface area contributed by atoms with Crippen LogP contribution in [0.25, 0.3) is 11.3 Å². The van der Waals surface area contributed by atoms with Crippen molar-refractivity contribution in [1.29, 1.82) is 0 Å². The van der Waals surface area contributed by atoms with Gasteiger partial charge in [0.1, 0.15) is 11.5 Å². The Morgan fingerprint density at radius 2 is 2.09 bits per heavy atom. The number of furan rings is 1. The molecule has 5 heteroatoms. The summed E-state index contributed by atoms with van der Waals surface area (Å²) in [6.45, 7) is 2.74. The Morgan fingerprint density at radius 1 is 1.27 bits per heavy atom. The SMILES string of the molecule is O=C(O)c1ccccc1-c1ccc(CN2CCC(CO)C2)o1. The molecule has 1 aliphatic heterocycles. The summed E-state index contributed by atoms with van der Waals surface area (Å²) in [5.41, 5.74) is 0.834. The Morgan fingerprint density at radius 3 is 2.82 bits per heavy atom. The first-order chi connectivity index (χ1) is 10.7. The van der Waals surface area contributed by atoms with Crippen LogP contribution in [-0.2, 0) is 6.54 Å². The third-order valence-corrected chi connectivity index (χ3v) is 4.09. The van der Waals surface area contributed by atoms with Gasteiger partial charge in [0.25, 0.3) is 0 Å². The lowest BCUT2D eigenvalue weighted by Gasteiger charge is -2.13. The van der Waals surface area contributed by atoms with Crippen LogP contribution in [0.5, 0.6) is 0 Å². The van der Waals surface area contributed by atoms with Gasteiger partial charge >= 0.3 is 5.97 Å². The minimum absolute atomic E-state index is 0.228. The number of carboxylic acids is 1. The summed E-state index contributed by atoms with van der Waals surface area (Å²) in [5, 5.41) is 18.4. The summed E-state index contributed by atoms with van der Waals surface area (Å²) in [6, 6.07) is 10.5. The maximum Gasteiger partial charge on any atom is 0.336 e. The lowest BCUT2D eigenvalue weighted by molar-refractivity contribution is 0.0697. The van der Waals surface area contributed by atoms with Crippen molar-refractivity contribution in [1.82, 2.24) is 4.90 Å². The number of aliphatic hydroxyl groups is 1. The fourth-order valence-corrected chi connectivity index (χ4v) is 2.92. The minimum Gasteiger partial charge on any atom is -0.478 e. The molecule has 0 bridgehead atoms. The molecule has 3 rings (SSSR count). The Bertz CT molecular complexity index is 664. The van der Waals surface area contributed by atoms with Crippen LogP contribution in [0.1, 0.15) is 22.5 Å². The summed E-state index contributed by atoms with van der Waals surface area (Å²) in [4.78, 5) is 13.5. The molecule has 0 radical (unpaired) electrons. The Labute approximate surface area is 128 Å². The van der Waals surface area contributed by atoms with E-state index < -0.39 is 5.97 Å². The quantitative estimate of drug-likeness (QED) is 0.887. The van der Waals surface area contributed by atoms with Crippen LogP contribution in [0.4, 0.5) is 0 Å². The number of aromatic carboxylic acids is 1. The molecule has 0 spiro atoms. The van der Waals surface area contributed by atoms with Gasteiger partial charge in [-0.1, -0.05) is 18.2 Å². The van der Waals surface area contributed by atoms with E-state index in [9.17, 15) is 15.0 Å². The summed E-state index contributed by atoms with van der Waals surface area (Å²) in [7, 11) is 0. The molecule has 2 heterocycles. The van der Waals surface area contributed by atoms with E-state index in [2.05, 4.69) is 4.90 Å². The predicted octanol–water partition coefficient (Wildman–Crippen LogP) is 2.46. The number of hydrogen-bond donors (Lipinski definition) is 2. The molecule has 1 aromatic heterocycles. The van der Waals surface area contributed by atoms with Gasteiger partial charge in [0.15, 0.2) is 0 Å². The zero-order valence-corrected chi connectivity index (χ0v) is 12.2. The number of aliphatic hydroxyl groups excluding tert-OH is 1. The molecule has 1 saturated heterocycles. The molecule has 1 aromatic carbocycles. The van der Waals surface area contributed by atoms with Crippen molar-refractivity contribution in [3.63, 3.8) is 0 Å². The van der Waals surface area contributed by atoms with Crippen LogP contribution in [0.15, 0.2) is 40.8 Å². The molecule has 116 valence electrons. The van der Waals surface area contributed by atoms with E-state index in [1.165, 1.54) is 0 Å². The lowest BCUT2D eigenvalue weighted by atomic mass is 10.1. The van der Waals surface area contributed by atoms with Gasteiger partial charge in [-0.25, -0.2) is 4.79 Å². The van der Waals surface area contributed by atoms with Crippen molar-refractivity contribution in [2.45, 2.75) is 13.0 Å². The lowest BCUT2D eigenvalue weighted by Crippen LogP contribution is -2.20. The first-order valence-electron chi connectivity index (χ1n) is 7.42. The Hall–Kier alpha value is -2.11. The van der Waals surface area contributed by atoms with E-state index in [1.807, 2.05) is 12.1 Å². The number of carbonyl (C=O) groups is 1. The molecular formula is C17H19NO4. The van der Waals surface area contributed by atoms with E-state index in [4.69, 9.17) is 4.42 Å². The highest BCUT2D eigenvalue weighted by Gasteiger charge is 2.22. The van der Waals surface area contributed by atoms with Crippen LogP contribution in [0.2, 0.25) is 0 Å². The zero-order valence-electron chi connectivity index (χ0n) is 12.2. The number of rotatable bonds is 5. The molecule has 1 unspecified atom stereocenters. The monoisotopic (exact) mass is 301 g/mol. The summed E-state index contributed by atoms with van der Waals surface area (Å²) in [6.07, 6.45) is 1.01. The highest BCUT2D eigenvalue weighted by molar-refractivity contribution is 5.95. The van der Waals surface area contributed by atoms with Gasteiger partial charge in [0, 0.05) is 18.7 Å². The molecule has 2 aromatic rings. The summed E-state index contributed by atoms with van der Waals surface area (Å²) < 4.78 is 5.82. The van der Waals surface area contributed by atoms with Crippen molar-refractivity contribution in [3.8, 4) is 11.3 Å². The van der Waals surface area contributed by atoms with E-state index in [1.54, 1.807) is 24.3 Å². The second-order valence-corrected chi connectivity index (χ2v) is 5.69. The standard InChI is InChI=1S/C17H19NO4/c19-11-12-7-8-18(9-12)10-13-5-6-16(22-13)14-3-1-2-4-15(14)17(20)21/h1-6,12,19H,7-11H2,(H,20,21). The second-order valence-electron chi connectivity index (χ2n) is 5.69. The Kier molecular flexibility index (Phi) is 4.27. The topological polar surface area (TPSA) is 73.9 Å². The molecule has 0 saturated carbocycles. The summed E-state index contributed by atoms with van der Waals surface area (Å²) >= 11 is 0. The molecule has 1 atom stereocenters. The van der Waals surface area contributed by atoms with Crippen molar-refractivity contribution in [2.75, 3.05) is 19.7 Å². The highest BCUT2D eigenvalue weighted by Crippen LogP contribution is 2.27. The van der Waals surface area contributed by atoms with Crippen LogP contribution in [0, 0.1) is 5.92 Å². The predicted molar refractivity (Wildman–Crippen MR) is 81.6 cm³/mol. The number of nitrogens with zero attached hydrogens (tertiary/aromatic N) is 1. The molecule has 0 aliphatic carbocycles. The molecule has 5 nitrogen and oxygen atoms in total. The van der Waals surface area contributed by atoms with Crippen molar-refractivity contribution in [2.24, 2.45) is 5.92 Å². The van der Waals surface area contributed by atoms with Gasteiger partial charge in [0.2, 0.25) is 0 Å². The van der Waals surface area contributed by atoms with E-state index in [0.29, 0.717) is 23.8 Å². The molecule has 2 N–H and O–H groups in total. The number of likely N-dealkylation sites (tertiary alicyclic amines) is 1. The number of benzene rings is 1. The average molecular weight is 301 g/mol. The van der Waals surface area contributed by atoms with E-state index in [0.717, 1.165) is 25.3 Å². The first kappa shape index (κ1) is 14.8. The Balaban J connectivity index is 1.76. The van der Waals surface area contributed by atoms with Crippen LogP contribution < -0.4 is 0 Å². The van der Waals surface area contributed by atoms with Gasteiger partial charge in [-0.2, -0.15) is 0 Å². The van der Waals surface area contributed by atoms with E-state index >= 15 is 0 Å². The van der Waals surface area contributed by atoms with Crippen molar-refractivity contribution in [3.05, 3.63) is 47.7 Å². The largest absolute Gasteiger partial charge is 0.478 e. The van der Waals surface area contributed by atoms with Gasteiger partial charge in [-0.15, -0.1) is 0 Å². The number of hydrogen-bond acceptors (Lipinski definition) is 4. The van der Waals surface area contributed by atoms with Crippen LogP contribution in [-0.4, -0.2) is 40.8 Å². The molecule has 0 amide bonds. The maximum absolute atomic E-state index is 11.3. The fraction of sp³-hybridized carbons (Fsp3) is 0.353. The smallest absolute Gasteiger partial charge is 0.336 e. The first-order valence-corrected chi connectivity index (χ1v) is 7.42. The second kappa shape index (κ2) is 6.34. The maximum atomic E-state index is 11.3. The third-order valence-electron chi connectivity index (χ3n) is 4.09. The molecule has 22 heavy (non-hydrogen) atoms.